The summed E-state index contributed by atoms with van der Waals surface area (Å²) in [7, 11) is 0. The monoisotopic (exact) mass is 263 g/mol. The maximum absolute atomic E-state index is 12.7. The molecule has 1 amide bonds. The van der Waals surface area contributed by atoms with Gasteiger partial charge in [-0.25, -0.2) is 0 Å². The zero-order valence-electron chi connectivity index (χ0n) is 11.8. The van der Waals surface area contributed by atoms with Gasteiger partial charge in [0.1, 0.15) is 0 Å². The summed E-state index contributed by atoms with van der Waals surface area (Å²) in [6, 6.07) is 16.5. The molecule has 0 N–H and O–H groups in total. The molecule has 0 radical (unpaired) electrons. The van der Waals surface area contributed by atoms with Crippen molar-refractivity contribution < 1.29 is 4.79 Å². The Morgan fingerprint density at radius 3 is 2.60 bits per heavy atom. The van der Waals surface area contributed by atoms with Crippen LogP contribution in [0.2, 0.25) is 0 Å². The molecule has 4 rings (SSSR count). The van der Waals surface area contributed by atoms with E-state index in [1.165, 1.54) is 11.1 Å². The molecule has 0 bridgehead atoms. The Balaban J connectivity index is 1.98. The molecule has 2 nitrogen and oxygen atoms in total. The highest BCUT2D eigenvalue weighted by molar-refractivity contribution is 6.11. The van der Waals surface area contributed by atoms with E-state index in [2.05, 4.69) is 38.1 Å². The lowest BCUT2D eigenvalue weighted by Crippen LogP contribution is -2.38. The van der Waals surface area contributed by atoms with Crippen molar-refractivity contribution in [3.05, 3.63) is 65.2 Å². The van der Waals surface area contributed by atoms with Crippen LogP contribution in [-0.4, -0.2) is 5.91 Å². The largest absolute Gasteiger partial charge is 0.301 e. The van der Waals surface area contributed by atoms with E-state index >= 15 is 0 Å². The number of rotatable bonds is 0. The van der Waals surface area contributed by atoms with Gasteiger partial charge in [-0.1, -0.05) is 50.2 Å². The zero-order valence-corrected chi connectivity index (χ0v) is 11.8. The van der Waals surface area contributed by atoms with Crippen LogP contribution in [0.15, 0.2) is 48.5 Å². The fourth-order valence-electron chi connectivity index (χ4n) is 3.72. The predicted molar refractivity (Wildman–Crippen MR) is 80.1 cm³/mol. The summed E-state index contributed by atoms with van der Waals surface area (Å²) in [6.07, 6.45) is 0.979. The normalized spacial score (nSPS) is 22.2. The maximum atomic E-state index is 12.7. The Kier molecular flexibility index (Phi) is 2.18. The molecule has 2 heterocycles. The zero-order chi connectivity index (χ0) is 13.9. The molecule has 0 fully saturated rings. The summed E-state index contributed by atoms with van der Waals surface area (Å²) in [4.78, 5) is 14.7. The molecule has 0 saturated carbocycles. The molecule has 2 aliphatic rings. The molecule has 1 atom stereocenters. The van der Waals surface area contributed by atoms with Crippen LogP contribution in [0.3, 0.4) is 0 Å². The summed E-state index contributed by atoms with van der Waals surface area (Å²) in [6.45, 7) is 4.54. The van der Waals surface area contributed by atoms with Crippen LogP contribution in [0.25, 0.3) is 0 Å². The molecule has 2 heteroatoms. The average Bonchev–Trinajstić information content (AvgIpc) is 2.72. The van der Waals surface area contributed by atoms with Gasteiger partial charge >= 0.3 is 0 Å². The van der Waals surface area contributed by atoms with E-state index in [9.17, 15) is 4.79 Å². The molecule has 0 aromatic heterocycles. The smallest absolute Gasteiger partial charge is 0.259 e. The third kappa shape index (κ3) is 1.36. The molecule has 2 aromatic carbocycles. The Morgan fingerprint density at radius 1 is 1.05 bits per heavy atom. The molecule has 0 saturated heterocycles. The van der Waals surface area contributed by atoms with E-state index in [4.69, 9.17) is 0 Å². The van der Waals surface area contributed by atoms with Gasteiger partial charge in [0.25, 0.3) is 5.91 Å². The highest BCUT2D eigenvalue weighted by Crippen LogP contribution is 2.51. The number of amides is 1. The fraction of sp³-hybridized carbons (Fsp3) is 0.278. The third-order valence-electron chi connectivity index (χ3n) is 4.68. The Labute approximate surface area is 119 Å². The summed E-state index contributed by atoms with van der Waals surface area (Å²) in [5, 5.41) is 0. The van der Waals surface area contributed by atoms with Crippen LogP contribution in [-0.2, 0) is 5.41 Å². The van der Waals surface area contributed by atoms with Crippen molar-refractivity contribution in [3.63, 3.8) is 0 Å². The van der Waals surface area contributed by atoms with Gasteiger partial charge in [0, 0.05) is 11.3 Å². The number of hydrogen-bond donors (Lipinski definition) is 0. The first-order valence-electron chi connectivity index (χ1n) is 7.11. The van der Waals surface area contributed by atoms with E-state index in [0.717, 1.165) is 17.7 Å². The minimum Gasteiger partial charge on any atom is -0.301 e. The first-order chi connectivity index (χ1) is 9.59. The molecule has 0 aliphatic carbocycles. The molecule has 20 heavy (non-hydrogen) atoms. The summed E-state index contributed by atoms with van der Waals surface area (Å²) in [5.74, 6) is 0.147. The topological polar surface area (TPSA) is 20.3 Å². The van der Waals surface area contributed by atoms with E-state index < -0.39 is 0 Å². The third-order valence-corrected chi connectivity index (χ3v) is 4.68. The average molecular weight is 263 g/mol. The molecular formula is C18H17NO. The van der Waals surface area contributed by atoms with Gasteiger partial charge in [-0.2, -0.15) is 0 Å². The van der Waals surface area contributed by atoms with Crippen LogP contribution in [0, 0.1) is 0 Å². The second-order valence-corrected chi connectivity index (χ2v) is 6.38. The number of hydrogen-bond acceptors (Lipinski definition) is 1. The Bertz CT molecular complexity index is 717. The van der Waals surface area contributed by atoms with Crippen LogP contribution >= 0.6 is 0 Å². The number of fused-ring (bicyclic) bond motifs is 5. The van der Waals surface area contributed by atoms with Crippen LogP contribution in [0.5, 0.6) is 0 Å². The predicted octanol–water partition coefficient (Wildman–Crippen LogP) is 4.07. The van der Waals surface area contributed by atoms with Crippen molar-refractivity contribution in [1.82, 2.24) is 0 Å². The van der Waals surface area contributed by atoms with Gasteiger partial charge in [-0.3, -0.25) is 4.79 Å². The van der Waals surface area contributed by atoms with Crippen LogP contribution < -0.4 is 4.90 Å². The van der Waals surface area contributed by atoms with Crippen molar-refractivity contribution in [2.24, 2.45) is 0 Å². The maximum Gasteiger partial charge on any atom is 0.259 e. The summed E-state index contributed by atoms with van der Waals surface area (Å²) >= 11 is 0. The molecule has 0 spiro atoms. The lowest BCUT2D eigenvalue weighted by atomic mass is 9.74. The van der Waals surface area contributed by atoms with E-state index in [1.807, 2.05) is 29.2 Å². The molecule has 100 valence electrons. The number of nitrogens with zero attached hydrogens (tertiary/aromatic N) is 1. The van der Waals surface area contributed by atoms with Gasteiger partial charge in [-0.15, -0.1) is 0 Å². The molecule has 1 unspecified atom stereocenters. The van der Waals surface area contributed by atoms with Crippen LogP contribution in [0.4, 0.5) is 5.69 Å². The number of anilines is 1. The lowest BCUT2D eigenvalue weighted by Gasteiger charge is -2.41. The van der Waals surface area contributed by atoms with E-state index in [-0.39, 0.29) is 17.4 Å². The number of carbonyl (C=O) groups is 1. The van der Waals surface area contributed by atoms with E-state index in [1.54, 1.807) is 0 Å². The fourth-order valence-corrected chi connectivity index (χ4v) is 3.72. The highest BCUT2D eigenvalue weighted by Gasteiger charge is 2.45. The summed E-state index contributed by atoms with van der Waals surface area (Å²) in [5.41, 5.74) is 4.49. The van der Waals surface area contributed by atoms with Gasteiger partial charge in [0.2, 0.25) is 0 Å². The second kappa shape index (κ2) is 3.72. The van der Waals surface area contributed by atoms with Gasteiger partial charge < -0.3 is 4.90 Å². The first kappa shape index (κ1) is 11.7. The first-order valence-corrected chi connectivity index (χ1v) is 7.11. The second-order valence-electron chi connectivity index (χ2n) is 6.38. The van der Waals surface area contributed by atoms with Crippen molar-refractivity contribution in [3.8, 4) is 0 Å². The quantitative estimate of drug-likeness (QED) is 0.701. The SMILES string of the molecule is CC1(C)CC2c3ccccc3C(=O)N2c2ccccc21. The van der Waals surface area contributed by atoms with Gasteiger partial charge in [0.05, 0.1) is 6.04 Å². The number of carbonyl (C=O) groups excluding carboxylic acids is 1. The van der Waals surface area contributed by atoms with Crippen molar-refractivity contribution >= 4 is 11.6 Å². The minimum absolute atomic E-state index is 0.0927. The van der Waals surface area contributed by atoms with Gasteiger partial charge in [-0.05, 0) is 35.1 Å². The van der Waals surface area contributed by atoms with E-state index in [0.29, 0.717) is 0 Å². The van der Waals surface area contributed by atoms with Gasteiger partial charge in [0.15, 0.2) is 0 Å². The standard InChI is InChI=1S/C18H17NO/c1-18(2)11-16-12-7-3-4-8-13(12)17(20)19(16)15-10-6-5-9-14(15)18/h3-10,16H,11H2,1-2H3. The van der Waals surface area contributed by atoms with Crippen molar-refractivity contribution in [2.75, 3.05) is 4.90 Å². The number of para-hydroxylation sites is 1. The Morgan fingerprint density at radius 2 is 1.75 bits per heavy atom. The van der Waals surface area contributed by atoms with Crippen LogP contribution in [0.1, 0.15) is 47.8 Å². The summed E-state index contributed by atoms with van der Waals surface area (Å²) < 4.78 is 0. The number of benzene rings is 2. The Hall–Kier alpha value is -2.09. The molecule has 2 aromatic rings. The molecular weight excluding hydrogens is 246 g/mol. The molecule has 2 aliphatic heterocycles. The van der Waals surface area contributed by atoms with Crippen molar-refractivity contribution in [1.29, 1.82) is 0 Å². The lowest BCUT2D eigenvalue weighted by molar-refractivity contribution is 0.0985. The highest BCUT2D eigenvalue weighted by atomic mass is 16.2. The van der Waals surface area contributed by atoms with Crippen molar-refractivity contribution in [2.45, 2.75) is 31.7 Å². The minimum atomic E-state index is 0.0927.